The van der Waals surface area contributed by atoms with Crippen molar-refractivity contribution >= 4 is 39.1 Å². The summed E-state index contributed by atoms with van der Waals surface area (Å²) in [5.41, 5.74) is 3.08. The topological polar surface area (TPSA) is 61.4 Å². The molecule has 0 saturated heterocycles. The standard InChI is InChI=1S/C23H26N4O2S2/c1-5-10-30-23-25-24-22-26(15-8-6-14(4)7-9-15)20(28)19-16-11-17(13(2)3)29-12-18(16)31-21(19)27(22)23/h6-9,13,17H,5,10-12H2,1-4H3. The smallest absolute Gasteiger partial charge is 0.268 e. The third-order valence-corrected chi connectivity index (χ3v) is 8.14. The second-order valence-electron chi connectivity index (χ2n) is 8.42. The van der Waals surface area contributed by atoms with E-state index >= 15 is 0 Å². The second kappa shape index (κ2) is 8.07. The van der Waals surface area contributed by atoms with Gasteiger partial charge in [-0.1, -0.05) is 50.2 Å². The minimum absolute atomic E-state index is 0.0206. The number of benzene rings is 1. The van der Waals surface area contributed by atoms with Crippen LogP contribution in [0.5, 0.6) is 0 Å². The van der Waals surface area contributed by atoms with Crippen molar-refractivity contribution in [3.63, 3.8) is 0 Å². The lowest BCUT2D eigenvalue weighted by Crippen LogP contribution is -2.28. The summed E-state index contributed by atoms with van der Waals surface area (Å²) >= 11 is 3.33. The number of hydrogen-bond donors (Lipinski definition) is 0. The van der Waals surface area contributed by atoms with Gasteiger partial charge in [-0.3, -0.25) is 4.79 Å². The molecular formula is C23H26N4O2S2. The van der Waals surface area contributed by atoms with Gasteiger partial charge in [0, 0.05) is 17.1 Å². The van der Waals surface area contributed by atoms with Gasteiger partial charge in [-0.15, -0.1) is 21.5 Å². The summed E-state index contributed by atoms with van der Waals surface area (Å²) < 4.78 is 9.90. The van der Waals surface area contributed by atoms with E-state index in [-0.39, 0.29) is 11.7 Å². The number of aryl methyl sites for hydroxylation is 1. The molecule has 0 amide bonds. The van der Waals surface area contributed by atoms with Gasteiger partial charge < -0.3 is 4.74 Å². The Morgan fingerprint density at radius 2 is 2.03 bits per heavy atom. The van der Waals surface area contributed by atoms with Crippen LogP contribution in [-0.4, -0.2) is 31.0 Å². The Kier molecular flexibility index (Phi) is 5.40. The van der Waals surface area contributed by atoms with E-state index in [1.165, 1.54) is 0 Å². The molecule has 31 heavy (non-hydrogen) atoms. The number of aromatic nitrogens is 4. The van der Waals surface area contributed by atoms with Gasteiger partial charge in [-0.25, -0.2) is 8.97 Å². The molecule has 1 aliphatic heterocycles. The highest BCUT2D eigenvalue weighted by Crippen LogP contribution is 2.37. The van der Waals surface area contributed by atoms with Crippen LogP contribution in [0.4, 0.5) is 0 Å². The normalized spacial score (nSPS) is 16.5. The van der Waals surface area contributed by atoms with Crippen molar-refractivity contribution < 1.29 is 4.74 Å². The van der Waals surface area contributed by atoms with Crippen molar-refractivity contribution in [2.24, 2.45) is 5.92 Å². The van der Waals surface area contributed by atoms with Crippen LogP contribution in [0.1, 0.15) is 43.2 Å². The summed E-state index contributed by atoms with van der Waals surface area (Å²) in [7, 11) is 0. The van der Waals surface area contributed by atoms with E-state index in [0.717, 1.165) is 55.7 Å². The molecule has 0 spiro atoms. The third kappa shape index (κ3) is 3.41. The molecule has 1 aliphatic rings. The van der Waals surface area contributed by atoms with Crippen LogP contribution in [0.3, 0.4) is 0 Å². The maximum Gasteiger partial charge on any atom is 0.268 e. The molecule has 0 aliphatic carbocycles. The number of ether oxygens (including phenoxy) is 1. The lowest BCUT2D eigenvalue weighted by atomic mass is 9.96. The van der Waals surface area contributed by atoms with Crippen LogP contribution in [0.25, 0.3) is 21.7 Å². The molecule has 0 saturated carbocycles. The fourth-order valence-electron chi connectivity index (χ4n) is 4.08. The number of rotatable bonds is 5. The van der Waals surface area contributed by atoms with Crippen LogP contribution in [0, 0.1) is 12.8 Å². The highest BCUT2D eigenvalue weighted by molar-refractivity contribution is 7.99. The number of nitrogens with zero attached hydrogens (tertiary/aromatic N) is 4. The molecule has 1 aromatic carbocycles. The van der Waals surface area contributed by atoms with E-state index < -0.39 is 0 Å². The highest BCUT2D eigenvalue weighted by atomic mass is 32.2. The lowest BCUT2D eigenvalue weighted by molar-refractivity contribution is 0.00200. The predicted octanol–water partition coefficient (Wildman–Crippen LogP) is 5.00. The van der Waals surface area contributed by atoms with Crippen molar-refractivity contribution in [1.29, 1.82) is 0 Å². The first-order valence-electron chi connectivity index (χ1n) is 10.8. The van der Waals surface area contributed by atoms with Crippen LogP contribution in [-0.2, 0) is 17.8 Å². The molecule has 1 unspecified atom stereocenters. The van der Waals surface area contributed by atoms with Gasteiger partial charge in [0.2, 0.25) is 5.78 Å². The van der Waals surface area contributed by atoms with Crippen molar-refractivity contribution in [1.82, 2.24) is 19.2 Å². The van der Waals surface area contributed by atoms with Gasteiger partial charge in [0.1, 0.15) is 4.83 Å². The Morgan fingerprint density at radius 3 is 2.74 bits per heavy atom. The van der Waals surface area contributed by atoms with Gasteiger partial charge in [-0.2, -0.15) is 0 Å². The monoisotopic (exact) mass is 454 g/mol. The summed E-state index contributed by atoms with van der Waals surface area (Å²) in [6.45, 7) is 9.10. The molecule has 162 valence electrons. The van der Waals surface area contributed by atoms with Crippen molar-refractivity contribution in [3.05, 3.63) is 50.6 Å². The van der Waals surface area contributed by atoms with Crippen LogP contribution in [0.15, 0.2) is 34.2 Å². The molecular weight excluding hydrogens is 428 g/mol. The van der Waals surface area contributed by atoms with Gasteiger partial charge in [0.15, 0.2) is 5.16 Å². The van der Waals surface area contributed by atoms with Crippen LogP contribution in [0.2, 0.25) is 0 Å². The summed E-state index contributed by atoms with van der Waals surface area (Å²) in [5, 5.41) is 10.6. The Balaban J connectivity index is 1.84. The summed E-state index contributed by atoms with van der Waals surface area (Å²) in [6, 6.07) is 8.01. The van der Waals surface area contributed by atoms with Gasteiger partial charge in [-0.05, 0) is 37.0 Å². The first-order valence-corrected chi connectivity index (χ1v) is 12.6. The largest absolute Gasteiger partial charge is 0.372 e. The third-order valence-electron chi connectivity index (χ3n) is 5.81. The van der Waals surface area contributed by atoms with E-state index in [0.29, 0.717) is 18.3 Å². The Morgan fingerprint density at radius 1 is 1.26 bits per heavy atom. The highest BCUT2D eigenvalue weighted by Gasteiger charge is 2.30. The molecule has 6 nitrogen and oxygen atoms in total. The number of thioether (sulfide) groups is 1. The Hall–Kier alpha value is -2.16. The van der Waals surface area contributed by atoms with E-state index in [2.05, 4.69) is 35.4 Å². The SMILES string of the molecule is CCCSc1nnc2n(-c3ccc(C)cc3)c(=O)c3c4c(sc3n12)COC(C(C)C)C4. The average molecular weight is 455 g/mol. The minimum atomic E-state index is -0.0206. The molecule has 0 fully saturated rings. The van der Waals surface area contributed by atoms with Gasteiger partial charge in [0.05, 0.1) is 23.8 Å². The van der Waals surface area contributed by atoms with E-state index in [9.17, 15) is 4.79 Å². The summed E-state index contributed by atoms with van der Waals surface area (Å²) in [4.78, 5) is 16.0. The molecule has 0 N–H and O–H groups in total. The van der Waals surface area contributed by atoms with Crippen molar-refractivity contribution in [2.75, 3.05) is 5.75 Å². The second-order valence-corrected chi connectivity index (χ2v) is 10.6. The van der Waals surface area contributed by atoms with E-state index in [1.807, 2.05) is 31.2 Å². The minimum Gasteiger partial charge on any atom is -0.372 e. The van der Waals surface area contributed by atoms with Crippen molar-refractivity contribution in [2.45, 2.75) is 58.4 Å². The molecule has 1 atom stereocenters. The Labute approximate surface area is 189 Å². The zero-order chi connectivity index (χ0) is 21.7. The maximum absolute atomic E-state index is 13.9. The number of hydrogen-bond acceptors (Lipinski definition) is 6. The first kappa shape index (κ1) is 20.7. The fourth-order valence-corrected chi connectivity index (χ4v) is 6.17. The Bertz CT molecular complexity index is 1320. The predicted molar refractivity (Wildman–Crippen MR) is 127 cm³/mol. The fraction of sp³-hybridized carbons (Fsp3) is 0.435. The van der Waals surface area contributed by atoms with Crippen molar-refractivity contribution in [3.8, 4) is 5.69 Å². The van der Waals surface area contributed by atoms with E-state index in [1.54, 1.807) is 27.7 Å². The van der Waals surface area contributed by atoms with E-state index in [4.69, 9.17) is 4.74 Å². The first-order chi connectivity index (χ1) is 15.0. The summed E-state index contributed by atoms with van der Waals surface area (Å²) in [5.74, 6) is 1.92. The molecule has 5 rings (SSSR count). The molecule has 4 heterocycles. The van der Waals surface area contributed by atoms with Gasteiger partial charge >= 0.3 is 0 Å². The van der Waals surface area contributed by atoms with Gasteiger partial charge in [0.25, 0.3) is 5.56 Å². The van der Waals surface area contributed by atoms with Crippen LogP contribution < -0.4 is 5.56 Å². The maximum atomic E-state index is 13.9. The molecule has 0 bridgehead atoms. The van der Waals surface area contributed by atoms with Crippen LogP contribution >= 0.6 is 23.1 Å². The average Bonchev–Trinajstić information content (AvgIpc) is 3.34. The molecule has 8 heteroatoms. The quantitative estimate of drug-likeness (QED) is 0.397. The molecule has 3 aromatic heterocycles. The number of fused-ring (bicyclic) bond motifs is 5. The number of thiophene rings is 1. The summed E-state index contributed by atoms with van der Waals surface area (Å²) in [6.07, 6.45) is 1.94. The molecule has 4 aromatic rings. The zero-order valence-corrected chi connectivity index (χ0v) is 19.8. The zero-order valence-electron chi connectivity index (χ0n) is 18.2. The molecule has 0 radical (unpaired) electrons. The lowest BCUT2D eigenvalue weighted by Gasteiger charge is -2.26.